The molecule has 0 atom stereocenters. The fraction of sp³-hybridized carbons (Fsp3) is 0.500. The van der Waals surface area contributed by atoms with E-state index in [9.17, 15) is 4.79 Å². The van der Waals surface area contributed by atoms with Crippen LogP contribution in [-0.4, -0.2) is 27.2 Å². The summed E-state index contributed by atoms with van der Waals surface area (Å²) < 4.78 is 3.11. The molecule has 0 saturated heterocycles. The topological polar surface area (TPSA) is 51.0 Å². The third-order valence-corrected chi connectivity index (χ3v) is 6.02. The number of benzene rings is 1. The Bertz CT molecular complexity index is 957. The van der Waals surface area contributed by atoms with Gasteiger partial charge < -0.3 is 0 Å². The Hall–Kier alpha value is -2.21. The standard InChI is InChI=1S/C22H30N4OS/c1-6-7-11-20(27)25(12-13-26-17(5)14-16(4)24-26)22-23-21-18(15(2)3)9-8-10-19(21)28-22/h8-10,14-15H,6-7,11-13H2,1-5H3. The van der Waals surface area contributed by atoms with Crippen molar-refractivity contribution in [3.63, 3.8) is 0 Å². The van der Waals surface area contributed by atoms with Gasteiger partial charge in [0.2, 0.25) is 5.91 Å². The van der Waals surface area contributed by atoms with Gasteiger partial charge in [0.15, 0.2) is 5.13 Å². The molecule has 3 aromatic rings. The number of amides is 1. The lowest BCUT2D eigenvalue weighted by atomic mass is 10.0. The molecule has 1 amide bonds. The number of carbonyl (C=O) groups excluding carboxylic acids is 1. The van der Waals surface area contributed by atoms with E-state index < -0.39 is 0 Å². The number of carbonyl (C=O) groups is 1. The van der Waals surface area contributed by atoms with Crippen LogP contribution in [0.15, 0.2) is 24.3 Å². The van der Waals surface area contributed by atoms with Crippen molar-refractivity contribution in [1.82, 2.24) is 14.8 Å². The zero-order valence-corrected chi connectivity index (χ0v) is 18.3. The van der Waals surface area contributed by atoms with E-state index >= 15 is 0 Å². The molecule has 2 heterocycles. The third kappa shape index (κ3) is 4.43. The summed E-state index contributed by atoms with van der Waals surface area (Å²) in [4.78, 5) is 19.7. The molecule has 0 saturated carbocycles. The predicted octanol–water partition coefficient (Wildman–Crippen LogP) is 5.46. The number of aromatic nitrogens is 3. The van der Waals surface area contributed by atoms with Crippen LogP contribution in [0.3, 0.4) is 0 Å². The number of unbranched alkanes of at least 4 members (excludes halogenated alkanes) is 1. The monoisotopic (exact) mass is 398 g/mol. The van der Waals surface area contributed by atoms with Gasteiger partial charge in [0.25, 0.3) is 0 Å². The lowest BCUT2D eigenvalue weighted by Crippen LogP contribution is -2.34. The minimum atomic E-state index is 0.147. The first kappa shape index (κ1) is 20.5. The summed E-state index contributed by atoms with van der Waals surface area (Å²) >= 11 is 1.61. The summed E-state index contributed by atoms with van der Waals surface area (Å²) in [7, 11) is 0. The highest BCUT2D eigenvalue weighted by atomic mass is 32.1. The molecule has 0 unspecified atom stereocenters. The molecule has 0 aliphatic rings. The summed E-state index contributed by atoms with van der Waals surface area (Å²) in [6.45, 7) is 11.8. The highest BCUT2D eigenvalue weighted by molar-refractivity contribution is 7.22. The Balaban J connectivity index is 1.91. The number of para-hydroxylation sites is 1. The molecule has 150 valence electrons. The Labute approximate surface area is 171 Å². The van der Waals surface area contributed by atoms with Crippen LogP contribution in [0.4, 0.5) is 5.13 Å². The second-order valence-corrected chi connectivity index (χ2v) is 8.65. The molecule has 0 aliphatic heterocycles. The summed E-state index contributed by atoms with van der Waals surface area (Å²) in [5.41, 5.74) is 4.38. The predicted molar refractivity (Wildman–Crippen MR) is 117 cm³/mol. The molecular weight excluding hydrogens is 368 g/mol. The number of nitrogens with zero attached hydrogens (tertiary/aromatic N) is 4. The van der Waals surface area contributed by atoms with E-state index in [-0.39, 0.29) is 5.91 Å². The normalized spacial score (nSPS) is 11.5. The number of hydrogen-bond donors (Lipinski definition) is 0. The van der Waals surface area contributed by atoms with Crippen LogP contribution in [0.2, 0.25) is 0 Å². The Morgan fingerprint density at radius 3 is 2.71 bits per heavy atom. The average molecular weight is 399 g/mol. The van der Waals surface area contributed by atoms with Crippen LogP contribution in [0, 0.1) is 13.8 Å². The molecule has 6 heteroatoms. The molecule has 0 aliphatic carbocycles. The summed E-state index contributed by atoms with van der Waals surface area (Å²) in [6, 6.07) is 8.38. The van der Waals surface area contributed by atoms with Crippen LogP contribution in [0.5, 0.6) is 0 Å². The van der Waals surface area contributed by atoms with Gasteiger partial charge in [-0.15, -0.1) is 0 Å². The van der Waals surface area contributed by atoms with Crippen LogP contribution in [0.25, 0.3) is 10.2 Å². The van der Waals surface area contributed by atoms with Crippen molar-refractivity contribution >= 4 is 32.6 Å². The van der Waals surface area contributed by atoms with Gasteiger partial charge in [0, 0.05) is 18.7 Å². The molecule has 28 heavy (non-hydrogen) atoms. The van der Waals surface area contributed by atoms with E-state index in [0.29, 0.717) is 25.4 Å². The molecule has 0 spiro atoms. The smallest absolute Gasteiger partial charge is 0.228 e. The maximum atomic E-state index is 13.0. The number of rotatable bonds is 8. The van der Waals surface area contributed by atoms with Crippen molar-refractivity contribution in [3.8, 4) is 0 Å². The van der Waals surface area contributed by atoms with Crippen molar-refractivity contribution in [2.75, 3.05) is 11.4 Å². The Morgan fingerprint density at radius 2 is 2.07 bits per heavy atom. The van der Waals surface area contributed by atoms with Gasteiger partial charge >= 0.3 is 0 Å². The van der Waals surface area contributed by atoms with Crippen LogP contribution in [-0.2, 0) is 11.3 Å². The zero-order chi connectivity index (χ0) is 20.3. The zero-order valence-electron chi connectivity index (χ0n) is 17.5. The SMILES string of the molecule is CCCCC(=O)N(CCn1nc(C)cc1C)c1nc2c(C(C)C)cccc2s1. The van der Waals surface area contributed by atoms with Gasteiger partial charge in [0.1, 0.15) is 0 Å². The van der Waals surface area contributed by atoms with Gasteiger partial charge in [-0.2, -0.15) is 5.10 Å². The molecule has 0 radical (unpaired) electrons. The minimum Gasteiger partial charge on any atom is -0.286 e. The Kier molecular flexibility index (Phi) is 6.50. The largest absolute Gasteiger partial charge is 0.286 e. The number of fused-ring (bicyclic) bond motifs is 1. The molecule has 2 aromatic heterocycles. The van der Waals surface area contributed by atoms with Crippen molar-refractivity contribution in [1.29, 1.82) is 0 Å². The molecule has 0 N–H and O–H groups in total. The second-order valence-electron chi connectivity index (χ2n) is 7.64. The van der Waals surface area contributed by atoms with E-state index in [1.165, 1.54) is 5.56 Å². The average Bonchev–Trinajstić information content (AvgIpc) is 3.22. The van der Waals surface area contributed by atoms with Crippen molar-refractivity contribution in [3.05, 3.63) is 41.2 Å². The number of hydrogen-bond acceptors (Lipinski definition) is 4. The van der Waals surface area contributed by atoms with Crippen LogP contribution >= 0.6 is 11.3 Å². The first-order chi connectivity index (χ1) is 13.4. The summed E-state index contributed by atoms with van der Waals surface area (Å²) in [5.74, 6) is 0.547. The number of anilines is 1. The van der Waals surface area contributed by atoms with Gasteiger partial charge in [-0.3, -0.25) is 14.4 Å². The van der Waals surface area contributed by atoms with E-state index in [1.807, 2.05) is 16.5 Å². The fourth-order valence-electron chi connectivity index (χ4n) is 3.43. The molecule has 0 bridgehead atoms. The Morgan fingerprint density at radius 1 is 1.29 bits per heavy atom. The molecule has 0 fully saturated rings. The first-order valence-electron chi connectivity index (χ1n) is 10.1. The molecule has 5 nitrogen and oxygen atoms in total. The van der Waals surface area contributed by atoms with Crippen molar-refractivity contribution < 1.29 is 4.79 Å². The highest BCUT2D eigenvalue weighted by Gasteiger charge is 2.21. The minimum absolute atomic E-state index is 0.147. The maximum absolute atomic E-state index is 13.0. The maximum Gasteiger partial charge on any atom is 0.228 e. The van der Waals surface area contributed by atoms with Crippen LogP contribution < -0.4 is 4.90 Å². The summed E-state index contributed by atoms with van der Waals surface area (Å²) in [6.07, 6.45) is 2.46. The number of thiazole rings is 1. The summed E-state index contributed by atoms with van der Waals surface area (Å²) in [5, 5.41) is 5.34. The molecule has 3 rings (SSSR count). The van der Waals surface area contributed by atoms with Gasteiger partial charge in [0.05, 0.1) is 22.5 Å². The lowest BCUT2D eigenvalue weighted by Gasteiger charge is -2.20. The van der Waals surface area contributed by atoms with Crippen LogP contribution in [0.1, 0.15) is 62.9 Å². The van der Waals surface area contributed by atoms with E-state index in [2.05, 4.69) is 57.1 Å². The van der Waals surface area contributed by atoms with E-state index in [4.69, 9.17) is 4.98 Å². The van der Waals surface area contributed by atoms with Crippen molar-refractivity contribution in [2.45, 2.75) is 66.3 Å². The quantitative estimate of drug-likeness (QED) is 0.506. The van der Waals surface area contributed by atoms with Crippen molar-refractivity contribution in [2.24, 2.45) is 0 Å². The van der Waals surface area contributed by atoms with Gasteiger partial charge in [-0.1, -0.05) is 50.7 Å². The lowest BCUT2D eigenvalue weighted by molar-refractivity contribution is -0.118. The molecule has 1 aromatic carbocycles. The number of aryl methyl sites for hydroxylation is 2. The van der Waals surface area contributed by atoms with E-state index in [0.717, 1.165) is 39.6 Å². The first-order valence-corrected chi connectivity index (χ1v) is 10.9. The molecular formula is C22H30N4OS. The highest BCUT2D eigenvalue weighted by Crippen LogP contribution is 2.33. The third-order valence-electron chi connectivity index (χ3n) is 4.98. The fourth-order valence-corrected chi connectivity index (χ4v) is 4.47. The second kappa shape index (κ2) is 8.86. The van der Waals surface area contributed by atoms with Gasteiger partial charge in [-0.05, 0) is 43.9 Å². The van der Waals surface area contributed by atoms with E-state index in [1.54, 1.807) is 11.3 Å². The van der Waals surface area contributed by atoms with Gasteiger partial charge in [-0.25, -0.2) is 4.98 Å².